The smallest absolute Gasteiger partial charge is 0.309 e. The van der Waals surface area contributed by atoms with Crippen molar-refractivity contribution in [3.63, 3.8) is 0 Å². The Kier molecular flexibility index (Phi) is 8.45. The van der Waals surface area contributed by atoms with Gasteiger partial charge in [0.05, 0.1) is 44.2 Å². The number of aromatic nitrogens is 1. The van der Waals surface area contributed by atoms with Crippen LogP contribution < -0.4 is 8.83 Å². The molecule has 0 fully saturated rings. The van der Waals surface area contributed by atoms with E-state index in [9.17, 15) is 53.5 Å². The molecular formula is C24H13BrF11N3O2. The summed E-state index contributed by atoms with van der Waals surface area (Å²) in [6.07, 6.45) is -16.6. The molecule has 0 N–H and O–H groups in total. The van der Waals surface area contributed by atoms with Crippen molar-refractivity contribution in [3.05, 3.63) is 89.0 Å². The molecule has 0 bridgehead atoms. The molecule has 0 saturated heterocycles. The fraction of sp³-hybridized carbons (Fsp3) is 0.208. The average molecular weight is 664 g/mol. The third-order valence-corrected chi connectivity index (χ3v) is 6.36. The van der Waals surface area contributed by atoms with Crippen molar-refractivity contribution < 1.29 is 57.9 Å². The standard InChI is InChI=1S/C24H13BrF11N3O2/c1-38(19(40)12-4-3-9-37-11-12)17-6-2-5-14(18(17)26)20(41)39(25)16-8-7-13(10-15(16)22(28,29)30)21(27,23(31,32)33)24(34,35)36/h2-11H,1H3. The fourth-order valence-electron chi connectivity index (χ4n) is 3.59. The van der Waals surface area contributed by atoms with E-state index in [1.54, 1.807) is 0 Å². The van der Waals surface area contributed by atoms with Gasteiger partial charge >= 0.3 is 24.2 Å². The number of hydrogen-bond donors (Lipinski definition) is 0. The van der Waals surface area contributed by atoms with Crippen molar-refractivity contribution in [1.29, 1.82) is 0 Å². The lowest BCUT2D eigenvalue weighted by Gasteiger charge is -2.31. The Hall–Kier alpha value is -3.76. The first kappa shape index (κ1) is 31.8. The van der Waals surface area contributed by atoms with Crippen LogP contribution in [0.2, 0.25) is 0 Å². The highest BCUT2D eigenvalue weighted by molar-refractivity contribution is 9.10. The molecule has 17 heteroatoms. The first-order valence-electron chi connectivity index (χ1n) is 10.7. The average Bonchev–Trinajstić information content (AvgIpc) is 2.89. The Morgan fingerprint density at radius 2 is 1.41 bits per heavy atom. The summed E-state index contributed by atoms with van der Waals surface area (Å²) in [5, 5.41) is 0. The van der Waals surface area contributed by atoms with Gasteiger partial charge in [0, 0.05) is 25.0 Å². The van der Waals surface area contributed by atoms with Gasteiger partial charge in [0.15, 0.2) is 5.82 Å². The molecule has 0 atom stereocenters. The number of nitrogens with zero attached hydrogens (tertiary/aromatic N) is 3. The lowest BCUT2D eigenvalue weighted by atomic mass is 9.92. The molecule has 2 amide bonds. The van der Waals surface area contributed by atoms with Gasteiger partial charge in [-0.25, -0.2) is 12.7 Å². The van der Waals surface area contributed by atoms with E-state index >= 15 is 4.39 Å². The van der Waals surface area contributed by atoms with Gasteiger partial charge in [0.2, 0.25) is 0 Å². The van der Waals surface area contributed by atoms with Crippen LogP contribution in [-0.4, -0.2) is 36.2 Å². The molecule has 2 aromatic carbocycles. The van der Waals surface area contributed by atoms with Crippen molar-refractivity contribution in [2.45, 2.75) is 24.2 Å². The summed E-state index contributed by atoms with van der Waals surface area (Å²) in [5.41, 5.74) is -13.8. The van der Waals surface area contributed by atoms with Gasteiger partial charge in [-0.1, -0.05) is 12.1 Å². The van der Waals surface area contributed by atoms with E-state index in [1.807, 2.05) is 0 Å². The molecule has 0 aliphatic carbocycles. The van der Waals surface area contributed by atoms with Crippen molar-refractivity contribution >= 4 is 39.3 Å². The van der Waals surface area contributed by atoms with Crippen molar-refractivity contribution in [2.75, 3.05) is 15.9 Å². The highest BCUT2D eigenvalue weighted by Gasteiger charge is 2.73. The predicted molar refractivity (Wildman–Crippen MR) is 125 cm³/mol. The van der Waals surface area contributed by atoms with E-state index in [-0.39, 0.29) is 21.6 Å². The number of halogens is 12. The Balaban J connectivity index is 2.09. The maximum Gasteiger partial charge on any atom is 0.435 e. The minimum Gasteiger partial charge on any atom is -0.309 e. The third-order valence-electron chi connectivity index (χ3n) is 5.65. The number of anilines is 2. The summed E-state index contributed by atoms with van der Waals surface area (Å²) in [7, 11) is 1.11. The van der Waals surface area contributed by atoms with E-state index in [4.69, 9.17) is 0 Å². The first-order valence-corrected chi connectivity index (χ1v) is 11.4. The SMILES string of the molecule is CN(C(=O)c1cccnc1)c1cccc(C(=O)N(Br)c2ccc(C(F)(C(F)(F)F)C(F)(F)F)cc2C(F)(F)F)c1F. The van der Waals surface area contributed by atoms with Gasteiger partial charge in [0.25, 0.3) is 11.8 Å². The van der Waals surface area contributed by atoms with Crippen LogP contribution in [0.5, 0.6) is 0 Å². The number of hydrogen-bond acceptors (Lipinski definition) is 3. The van der Waals surface area contributed by atoms with Crippen molar-refractivity contribution in [1.82, 2.24) is 4.98 Å². The molecule has 1 aromatic heterocycles. The van der Waals surface area contributed by atoms with Gasteiger partial charge in [-0.05, 0) is 36.4 Å². The van der Waals surface area contributed by atoms with E-state index in [0.717, 1.165) is 36.3 Å². The Morgan fingerprint density at radius 3 is 1.93 bits per heavy atom. The lowest BCUT2D eigenvalue weighted by Crippen LogP contribution is -2.50. The zero-order chi connectivity index (χ0) is 31.1. The zero-order valence-electron chi connectivity index (χ0n) is 20.0. The molecule has 0 saturated carbocycles. The fourth-order valence-corrected chi connectivity index (χ4v) is 4.09. The Morgan fingerprint density at radius 1 is 0.805 bits per heavy atom. The number of pyridine rings is 1. The first-order chi connectivity index (χ1) is 18.7. The van der Waals surface area contributed by atoms with Crippen molar-refractivity contribution in [2.24, 2.45) is 0 Å². The highest BCUT2D eigenvalue weighted by atomic mass is 79.9. The van der Waals surface area contributed by atoms with Crippen molar-refractivity contribution in [3.8, 4) is 0 Å². The monoisotopic (exact) mass is 663 g/mol. The van der Waals surface area contributed by atoms with E-state index in [0.29, 0.717) is 0 Å². The molecule has 0 radical (unpaired) electrons. The van der Waals surface area contributed by atoms with Crippen LogP contribution in [-0.2, 0) is 11.8 Å². The molecule has 0 spiro atoms. The number of amides is 2. The summed E-state index contributed by atoms with van der Waals surface area (Å²) in [6.45, 7) is 0. The van der Waals surface area contributed by atoms with Crippen LogP contribution in [0.25, 0.3) is 0 Å². The Labute approximate surface area is 231 Å². The minimum absolute atomic E-state index is 0.00445. The molecule has 0 aliphatic rings. The second kappa shape index (κ2) is 10.9. The van der Waals surface area contributed by atoms with E-state index < -0.39 is 76.0 Å². The molecule has 0 aliphatic heterocycles. The number of carbonyl (C=O) groups excluding carboxylic acids is 2. The number of alkyl halides is 10. The predicted octanol–water partition coefficient (Wildman–Crippen LogP) is 7.76. The molecule has 0 unspecified atom stereocenters. The molecule has 3 rings (SSSR count). The van der Waals surface area contributed by atoms with Crippen LogP contribution in [0.4, 0.5) is 59.7 Å². The van der Waals surface area contributed by atoms with E-state index in [1.165, 1.54) is 18.3 Å². The molecule has 1 heterocycles. The van der Waals surface area contributed by atoms with E-state index in [2.05, 4.69) is 21.1 Å². The maximum atomic E-state index is 15.3. The molecule has 3 aromatic rings. The zero-order valence-corrected chi connectivity index (χ0v) is 21.6. The van der Waals surface area contributed by atoms with Gasteiger partial charge in [-0.2, -0.15) is 39.5 Å². The highest BCUT2D eigenvalue weighted by Crippen LogP contribution is 2.54. The van der Waals surface area contributed by atoms with Crippen LogP contribution >= 0.6 is 16.1 Å². The number of benzene rings is 2. The molecule has 5 nitrogen and oxygen atoms in total. The number of rotatable bonds is 5. The van der Waals surface area contributed by atoms with Crippen LogP contribution in [0, 0.1) is 5.82 Å². The lowest BCUT2D eigenvalue weighted by molar-refractivity contribution is -0.348. The topological polar surface area (TPSA) is 53.5 Å². The summed E-state index contributed by atoms with van der Waals surface area (Å²) in [4.78, 5) is 30.1. The molecule has 41 heavy (non-hydrogen) atoms. The minimum atomic E-state index is -6.71. The maximum absolute atomic E-state index is 15.3. The van der Waals surface area contributed by atoms with Crippen LogP contribution in [0.1, 0.15) is 31.8 Å². The second-order valence-electron chi connectivity index (χ2n) is 8.21. The van der Waals surface area contributed by atoms with Gasteiger partial charge in [-0.15, -0.1) is 0 Å². The summed E-state index contributed by atoms with van der Waals surface area (Å²) in [6, 6.07) is 4.63. The molecule has 220 valence electrons. The summed E-state index contributed by atoms with van der Waals surface area (Å²) < 4.78 is 150. The quantitative estimate of drug-likeness (QED) is 0.207. The number of carbonyl (C=O) groups is 2. The van der Waals surface area contributed by atoms with Crippen LogP contribution in [0.3, 0.4) is 0 Å². The van der Waals surface area contributed by atoms with Gasteiger partial charge in [0.1, 0.15) is 0 Å². The third kappa shape index (κ3) is 5.85. The summed E-state index contributed by atoms with van der Waals surface area (Å²) in [5.74, 6) is -3.82. The van der Waals surface area contributed by atoms with Crippen LogP contribution in [0.15, 0.2) is 60.9 Å². The normalized spacial score (nSPS) is 12.7. The second-order valence-corrected chi connectivity index (χ2v) is 8.92. The van der Waals surface area contributed by atoms with Gasteiger partial charge in [-0.3, -0.25) is 14.6 Å². The largest absolute Gasteiger partial charge is 0.435 e. The molecular weight excluding hydrogens is 651 g/mol. The Bertz CT molecular complexity index is 1440. The van der Waals surface area contributed by atoms with Gasteiger partial charge < -0.3 is 4.90 Å². The summed E-state index contributed by atoms with van der Waals surface area (Å²) >= 11 is 2.44.